The third kappa shape index (κ3) is 8.25. The molecule has 0 saturated carbocycles. The second-order valence-corrected chi connectivity index (χ2v) is 11.6. The standard InChI is InChI=1S/C35H35F4N5O3/c36-34-28-20-25(10-12-30(28)41-42-34)33(29(21-35(37,38)39)24-6-2-1-3-7-24)26-11-13-31(40-22-26)47-27-8-4-14-43(23-27)15-5-9-32(45)44-16-18-46-19-17-44/h1-3,5-7,9-13,20,22,27H,4,8,14-19,21,23H2,(H,41,42)/b9-5+,33-29-. The van der Waals surface area contributed by atoms with Crippen LogP contribution in [-0.2, 0) is 9.53 Å². The molecule has 0 bridgehead atoms. The van der Waals surface area contributed by atoms with Gasteiger partial charge in [0.15, 0.2) is 0 Å². The Kier molecular flexibility index (Phi) is 9.98. The van der Waals surface area contributed by atoms with Crippen molar-refractivity contribution < 1.29 is 31.8 Å². The topological polar surface area (TPSA) is 83.6 Å². The number of ether oxygens (including phenoxy) is 2. The van der Waals surface area contributed by atoms with Crippen molar-refractivity contribution in [1.82, 2.24) is 25.0 Å². The Hall–Kier alpha value is -4.55. The number of amides is 1. The largest absolute Gasteiger partial charge is 0.473 e. The maximum Gasteiger partial charge on any atom is 0.393 e. The van der Waals surface area contributed by atoms with Gasteiger partial charge in [-0.1, -0.05) is 42.5 Å². The smallest absolute Gasteiger partial charge is 0.393 e. The number of pyridine rings is 1. The number of nitrogens with zero attached hydrogens (tertiary/aromatic N) is 4. The molecule has 0 radical (unpaired) electrons. The van der Waals surface area contributed by atoms with Crippen molar-refractivity contribution in [3.63, 3.8) is 0 Å². The number of allylic oxidation sites excluding steroid dienone is 1. The number of halogens is 4. The predicted octanol–water partition coefficient (Wildman–Crippen LogP) is 6.27. The van der Waals surface area contributed by atoms with Crippen LogP contribution in [0.15, 0.2) is 79.0 Å². The Labute approximate surface area is 269 Å². The number of carbonyl (C=O) groups is 1. The Morgan fingerprint density at radius 3 is 2.55 bits per heavy atom. The monoisotopic (exact) mass is 649 g/mol. The van der Waals surface area contributed by atoms with Gasteiger partial charge in [-0.3, -0.25) is 14.8 Å². The van der Waals surface area contributed by atoms with Crippen molar-refractivity contribution >= 4 is 28.0 Å². The SMILES string of the molecule is O=C(/C=C/CN1CCCC(Oc2ccc(/C(=C(/CC(F)(F)F)c3ccccc3)c3ccc4n[nH]c(F)c4c3)cn2)C1)N1CCOCC1. The number of H-pyrrole nitrogens is 1. The van der Waals surface area contributed by atoms with Crippen LogP contribution in [0.1, 0.15) is 36.0 Å². The van der Waals surface area contributed by atoms with Gasteiger partial charge in [-0.05, 0) is 59.9 Å². The van der Waals surface area contributed by atoms with Gasteiger partial charge in [0.05, 0.1) is 30.5 Å². The molecule has 8 nitrogen and oxygen atoms in total. The van der Waals surface area contributed by atoms with E-state index in [0.29, 0.717) is 67.5 Å². The summed E-state index contributed by atoms with van der Waals surface area (Å²) < 4.78 is 68.1. The molecular weight excluding hydrogens is 614 g/mol. The molecule has 1 N–H and O–H groups in total. The molecule has 4 heterocycles. The number of benzene rings is 2. The number of hydrogen-bond donors (Lipinski definition) is 1. The first-order valence-electron chi connectivity index (χ1n) is 15.6. The van der Waals surface area contributed by atoms with E-state index in [1.54, 1.807) is 65.6 Å². The first kappa shape index (κ1) is 32.4. The number of piperidine rings is 1. The number of rotatable bonds is 9. The molecule has 1 atom stereocenters. The number of carbonyl (C=O) groups excluding carboxylic acids is 1. The fourth-order valence-corrected chi connectivity index (χ4v) is 6.06. The Bertz CT molecular complexity index is 1730. The van der Waals surface area contributed by atoms with E-state index in [0.717, 1.165) is 19.4 Å². The number of likely N-dealkylation sites (tertiary alicyclic amines) is 1. The van der Waals surface area contributed by atoms with E-state index in [9.17, 15) is 22.4 Å². The van der Waals surface area contributed by atoms with Crippen molar-refractivity contribution in [2.75, 3.05) is 45.9 Å². The summed E-state index contributed by atoms with van der Waals surface area (Å²) in [5.74, 6) is -0.330. The minimum Gasteiger partial charge on any atom is -0.473 e. The molecule has 1 unspecified atom stereocenters. The van der Waals surface area contributed by atoms with Crippen LogP contribution >= 0.6 is 0 Å². The fraction of sp³-hybridized carbons (Fsp3) is 0.343. The zero-order valence-corrected chi connectivity index (χ0v) is 25.7. The predicted molar refractivity (Wildman–Crippen MR) is 170 cm³/mol. The van der Waals surface area contributed by atoms with Crippen LogP contribution in [0.5, 0.6) is 5.88 Å². The van der Waals surface area contributed by atoms with E-state index in [4.69, 9.17) is 9.47 Å². The molecule has 6 rings (SSSR count). The molecular formula is C35H35F4N5O3. The lowest BCUT2D eigenvalue weighted by atomic mass is 9.88. The molecule has 2 fully saturated rings. The van der Waals surface area contributed by atoms with Gasteiger partial charge in [-0.2, -0.15) is 22.7 Å². The molecule has 47 heavy (non-hydrogen) atoms. The summed E-state index contributed by atoms with van der Waals surface area (Å²) >= 11 is 0. The minimum absolute atomic E-state index is 0.0173. The van der Waals surface area contributed by atoms with Gasteiger partial charge in [-0.15, -0.1) is 0 Å². The minimum atomic E-state index is -4.50. The molecule has 2 aliphatic rings. The summed E-state index contributed by atoms with van der Waals surface area (Å²) in [7, 11) is 0. The number of nitrogens with one attached hydrogen (secondary N) is 1. The lowest BCUT2D eigenvalue weighted by molar-refractivity contribution is -0.130. The molecule has 246 valence electrons. The van der Waals surface area contributed by atoms with Crippen LogP contribution in [0.3, 0.4) is 0 Å². The van der Waals surface area contributed by atoms with Gasteiger partial charge in [0.2, 0.25) is 17.7 Å². The summed E-state index contributed by atoms with van der Waals surface area (Å²) in [4.78, 5) is 20.9. The van der Waals surface area contributed by atoms with Crippen LogP contribution in [-0.4, -0.2) is 89.1 Å². The number of aromatic amines is 1. The molecule has 2 aliphatic heterocycles. The zero-order chi connectivity index (χ0) is 32.8. The van der Waals surface area contributed by atoms with Crippen molar-refractivity contribution in [2.24, 2.45) is 0 Å². The lowest BCUT2D eigenvalue weighted by Crippen LogP contribution is -2.41. The van der Waals surface area contributed by atoms with E-state index in [2.05, 4.69) is 20.1 Å². The highest BCUT2D eigenvalue weighted by molar-refractivity contribution is 6.00. The fourth-order valence-electron chi connectivity index (χ4n) is 6.06. The quantitative estimate of drug-likeness (QED) is 0.131. The zero-order valence-electron chi connectivity index (χ0n) is 25.7. The maximum atomic E-state index is 14.5. The highest BCUT2D eigenvalue weighted by Gasteiger charge is 2.32. The van der Waals surface area contributed by atoms with E-state index in [1.807, 2.05) is 6.08 Å². The highest BCUT2D eigenvalue weighted by Crippen LogP contribution is 2.40. The van der Waals surface area contributed by atoms with Gasteiger partial charge in [0, 0.05) is 50.1 Å². The van der Waals surface area contributed by atoms with Gasteiger partial charge >= 0.3 is 6.18 Å². The van der Waals surface area contributed by atoms with Gasteiger partial charge in [0.25, 0.3) is 0 Å². The highest BCUT2D eigenvalue weighted by atomic mass is 19.4. The first-order chi connectivity index (χ1) is 22.7. The van der Waals surface area contributed by atoms with Gasteiger partial charge in [0.1, 0.15) is 6.10 Å². The van der Waals surface area contributed by atoms with Crippen molar-refractivity contribution in [1.29, 1.82) is 0 Å². The van der Waals surface area contributed by atoms with Crippen molar-refractivity contribution in [3.05, 3.63) is 102 Å². The van der Waals surface area contributed by atoms with Crippen LogP contribution in [0.25, 0.3) is 22.0 Å². The Balaban J connectivity index is 1.23. The van der Waals surface area contributed by atoms with E-state index in [1.165, 1.54) is 12.3 Å². The Morgan fingerprint density at radius 2 is 1.81 bits per heavy atom. The Morgan fingerprint density at radius 1 is 1.02 bits per heavy atom. The number of morpholine rings is 1. The second kappa shape index (κ2) is 14.5. The number of fused-ring (bicyclic) bond motifs is 1. The van der Waals surface area contributed by atoms with E-state index in [-0.39, 0.29) is 28.5 Å². The average Bonchev–Trinajstić information content (AvgIpc) is 3.45. The third-order valence-corrected chi connectivity index (χ3v) is 8.32. The van der Waals surface area contributed by atoms with Crippen LogP contribution in [0.4, 0.5) is 17.6 Å². The lowest BCUT2D eigenvalue weighted by Gasteiger charge is -2.32. The normalized spacial score (nSPS) is 18.5. The summed E-state index contributed by atoms with van der Waals surface area (Å²) in [6, 6.07) is 16.4. The molecule has 4 aromatic rings. The molecule has 2 saturated heterocycles. The summed E-state index contributed by atoms with van der Waals surface area (Å²) in [6.45, 7) is 4.43. The molecule has 12 heteroatoms. The van der Waals surface area contributed by atoms with Crippen LogP contribution < -0.4 is 4.74 Å². The molecule has 2 aromatic heterocycles. The summed E-state index contributed by atoms with van der Waals surface area (Å²) in [5.41, 5.74) is 1.93. The van der Waals surface area contributed by atoms with Crippen LogP contribution in [0.2, 0.25) is 0 Å². The molecule has 0 aliphatic carbocycles. The summed E-state index contributed by atoms with van der Waals surface area (Å²) in [6.07, 6.45) is 0.878. The van der Waals surface area contributed by atoms with E-state index >= 15 is 0 Å². The van der Waals surface area contributed by atoms with E-state index < -0.39 is 18.5 Å². The van der Waals surface area contributed by atoms with Gasteiger partial charge < -0.3 is 14.4 Å². The number of aromatic nitrogens is 3. The maximum absolute atomic E-state index is 14.5. The number of hydrogen-bond acceptors (Lipinski definition) is 6. The molecule has 0 spiro atoms. The van der Waals surface area contributed by atoms with Crippen LogP contribution in [0, 0.1) is 5.95 Å². The second-order valence-electron chi connectivity index (χ2n) is 11.6. The average molecular weight is 650 g/mol. The summed E-state index contributed by atoms with van der Waals surface area (Å²) in [5, 5.41) is 6.38. The first-order valence-corrected chi connectivity index (χ1v) is 15.6. The van der Waals surface area contributed by atoms with Crippen molar-refractivity contribution in [2.45, 2.75) is 31.5 Å². The number of alkyl halides is 3. The molecule has 1 amide bonds. The third-order valence-electron chi connectivity index (χ3n) is 8.32. The van der Waals surface area contributed by atoms with Gasteiger partial charge in [-0.25, -0.2) is 4.98 Å². The molecule has 2 aromatic carbocycles. The van der Waals surface area contributed by atoms with Crippen molar-refractivity contribution in [3.8, 4) is 5.88 Å².